The topological polar surface area (TPSA) is 47.1 Å². The van der Waals surface area contributed by atoms with Crippen molar-refractivity contribution in [3.63, 3.8) is 0 Å². The first-order valence-electron chi connectivity index (χ1n) is 6.56. The molecule has 0 bridgehead atoms. The highest BCUT2D eigenvalue weighted by Crippen LogP contribution is 2.28. The van der Waals surface area contributed by atoms with Crippen LogP contribution in [0.4, 0.5) is 0 Å². The third-order valence-corrected chi connectivity index (χ3v) is 3.65. The van der Waals surface area contributed by atoms with Gasteiger partial charge in [0.05, 0.1) is 12.2 Å². The first-order valence-corrected chi connectivity index (χ1v) is 6.56. The molecule has 4 heteroatoms. The van der Waals surface area contributed by atoms with Crippen LogP contribution >= 0.6 is 0 Å². The first-order chi connectivity index (χ1) is 8.08. The zero-order valence-electron chi connectivity index (χ0n) is 11.1. The van der Waals surface area contributed by atoms with E-state index in [1.165, 1.54) is 18.4 Å². The van der Waals surface area contributed by atoms with E-state index in [4.69, 9.17) is 5.73 Å². The van der Waals surface area contributed by atoms with Crippen LogP contribution in [-0.4, -0.2) is 33.8 Å². The van der Waals surface area contributed by atoms with Gasteiger partial charge in [-0.25, -0.2) is 0 Å². The molecule has 1 aromatic rings. The lowest BCUT2D eigenvalue weighted by atomic mass is 9.94. The van der Waals surface area contributed by atoms with Gasteiger partial charge in [-0.05, 0) is 32.2 Å². The third-order valence-electron chi connectivity index (χ3n) is 3.65. The number of piperidine rings is 1. The molecule has 0 saturated carbocycles. The van der Waals surface area contributed by atoms with Gasteiger partial charge in [0.2, 0.25) is 0 Å². The minimum atomic E-state index is 0.143. The fourth-order valence-electron chi connectivity index (χ4n) is 2.92. The van der Waals surface area contributed by atoms with Gasteiger partial charge in [-0.1, -0.05) is 6.92 Å². The van der Waals surface area contributed by atoms with Crippen LogP contribution < -0.4 is 5.73 Å². The summed E-state index contributed by atoms with van der Waals surface area (Å²) in [6, 6.07) is 0.455. The quantitative estimate of drug-likeness (QED) is 0.866. The van der Waals surface area contributed by atoms with Crippen LogP contribution in [0.25, 0.3) is 0 Å². The van der Waals surface area contributed by atoms with Gasteiger partial charge >= 0.3 is 0 Å². The van der Waals surface area contributed by atoms with Crippen LogP contribution in [0.1, 0.15) is 38.3 Å². The lowest BCUT2D eigenvalue weighted by Crippen LogP contribution is -2.44. The SMILES string of the molecule is CC1CCCN(C(c2cnn(C)c2)C(C)N)C1. The summed E-state index contributed by atoms with van der Waals surface area (Å²) < 4.78 is 1.86. The van der Waals surface area contributed by atoms with Gasteiger partial charge in [0, 0.05) is 31.4 Å². The Morgan fingerprint density at radius 1 is 1.53 bits per heavy atom. The summed E-state index contributed by atoms with van der Waals surface area (Å²) in [6.07, 6.45) is 6.67. The van der Waals surface area contributed by atoms with E-state index in [0.717, 1.165) is 19.0 Å². The molecule has 1 saturated heterocycles. The molecule has 0 aliphatic carbocycles. The van der Waals surface area contributed by atoms with Crippen molar-refractivity contribution in [2.75, 3.05) is 13.1 Å². The highest BCUT2D eigenvalue weighted by Gasteiger charge is 2.28. The van der Waals surface area contributed by atoms with E-state index >= 15 is 0 Å². The van der Waals surface area contributed by atoms with Crippen molar-refractivity contribution in [3.8, 4) is 0 Å². The Morgan fingerprint density at radius 2 is 2.29 bits per heavy atom. The van der Waals surface area contributed by atoms with Crippen molar-refractivity contribution < 1.29 is 0 Å². The summed E-state index contributed by atoms with van der Waals surface area (Å²) in [6.45, 7) is 6.73. The fourth-order valence-corrected chi connectivity index (χ4v) is 2.92. The highest BCUT2D eigenvalue weighted by atomic mass is 15.3. The number of nitrogens with two attached hydrogens (primary N) is 1. The Kier molecular flexibility index (Phi) is 3.84. The van der Waals surface area contributed by atoms with Crippen LogP contribution in [0.5, 0.6) is 0 Å². The minimum Gasteiger partial charge on any atom is -0.326 e. The monoisotopic (exact) mass is 236 g/mol. The van der Waals surface area contributed by atoms with E-state index < -0.39 is 0 Å². The number of nitrogens with zero attached hydrogens (tertiary/aromatic N) is 3. The lowest BCUT2D eigenvalue weighted by Gasteiger charge is -2.38. The zero-order valence-corrected chi connectivity index (χ0v) is 11.1. The van der Waals surface area contributed by atoms with Crippen molar-refractivity contribution in [2.45, 2.75) is 38.8 Å². The Balaban J connectivity index is 2.17. The van der Waals surface area contributed by atoms with Crippen LogP contribution in [0, 0.1) is 5.92 Å². The average molecular weight is 236 g/mol. The molecule has 0 radical (unpaired) electrons. The smallest absolute Gasteiger partial charge is 0.0538 e. The van der Waals surface area contributed by atoms with Crippen molar-refractivity contribution in [2.24, 2.45) is 18.7 Å². The maximum Gasteiger partial charge on any atom is 0.0538 e. The van der Waals surface area contributed by atoms with Crippen LogP contribution in [-0.2, 0) is 7.05 Å². The summed E-state index contributed by atoms with van der Waals surface area (Å²) in [7, 11) is 1.96. The molecule has 1 aliphatic heterocycles. The maximum absolute atomic E-state index is 6.18. The summed E-state index contributed by atoms with van der Waals surface area (Å²) in [5, 5.41) is 4.27. The standard InChI is InChI=1S/C13H24N4/c1-10-5-4-6-17(8-10)13(11(2)14)12-7-15-16(3)9-12/h7,9-11,13H,4-6,8,14H2,1-3H3. The molecule has 0 spiro atoms. The molecule has 3 atom stereocenters. The molecule has 0 aromatic carbocycles. The Labute approximate surface area is 104 Å². The van der Waals surface area contributed by atoms with Crippen molar-refractivity contribution in [1.82, 2.24) is 14.7 Å². The molecule has 2 heterocycles. The van der Waals surface area contributed by atoms with Crippen LogP contribution in [0.2, 0.25) is 0 Å². The second-order valence-electron chi connectivity index (χ2n) is 5.49. The van der Waals surface area contributed by atoms with E-state index in [1.54, 1.807) is 0 Å². The van der Waals surface area contributed by atoms with Gasteiger partial charge in [-0.3, -0.25) is 9.58 Å². The molecule has 17 heavy (non-hydrogen) atoms. The molecule has 0 amide bonds. The number of likely N-dealkylation sites (tertiary alicyclic amines) is 1. The number of hydrogen-bond acceptors (Lipinski definition) is 3. The molecular weight excluding hydrogens is 212 g/mol. The summed E-state index contributed by atoms with van der Waals surface area (Å²) in [5.41, 5.74) is 7.42. The first kappa shape index (κ1) is 12.6. The molecule has 2 N–H and O–H groups in total. The van der Waals surface area contributed by atoms with Gasteiger partial charge in [0.25, 0.3) is 0 Å². The largest absolute Gasteiger partial charge is 0.326 e. The van der Waals surface area contributed by atoms with Gasteiger partial charge in [0.15, 0.2) is 0 Å². The van der Waals surface area contributed by atoms with E-state index in [9.17, 15) is 0 Å². The van der Waals surface area contributed by atoms with Gasteiger partial charge in [-0.15, -0.1) is 0 Å². The second kappa shape index (κ2) is 5.19. The Bertz CT molecular complexity index is 358. The number of aromatic nitrogens is 2. The molecule has 96 valence electrons. The number of aryl methyl sites for hydroxylation is 1. The predicted octanol–water partition coefficient (Wildman–Crippen LogP) is 1.54. The Morgan fingerprint density at radius 3 is 2.82 bits per heavy atom. The van der Waals surface area contributed by atoms with Crippen molar-refractivity contribution in [1.29, 1.82) is 0 Å². The predicted molar refractivity (Wildman–Crippen MR) is 69.6 cm³/mol. The van der Waals surface area contributed by atoms with Gasteiger partial charge in [0.1, 0.15) is 0 Å². The van der Waals surface area contributed by atoms with E-state index in [2.05, 4.69) is 30.0 Å². The maximum atomic E-state index is 6.18. The zero-order chi connectivity index (χ0) is 12.4. The van der Waals surface area contributed by atoms with Gasteiger partial charge in [-0.2, -0.15) is 5.10 Å². The molecule has 1 aliphatic rings. The van der Waals surface area contributed by atoms with Crippen molar-refractivity contribution >= 4 is 0 Å². The molecule has 2 rings (SSSR count). The molecule has 3 unspecified atom stereocenters. The fraction of sp³-hybridized carbons (Fsp3) is 0.769. The summed E-state index contributed by atoms with van der Waals surface area (Å²) in [4.78, 5) is 2.52. The van der Waals surface area contributed by atoms with Crippen LogP contribution in [0.3, 0.4) is 0 Å². The lowest BCUT2D eigenvalue weighted by molar-refractivity contribution is 0.116. The minimum absolute atomic E-state index is 0.143. The number of rotatable bonds is 3. The second-order valence-corrected chi connectivity index (χ2v) is 5.49. The molecule has 1 fully saturated rings. The van der Waals surface area contributed by atoms with E-state index in [1.807, 2.05) is 17.9 Å². The molecule has 1 aromatic heterocycles. The van der Waals surface area contributed by atoms with E-state index in [0.29, 0.717) is 6.04 Å². The van der Waals surface area contributed by atoms with E-state index in [-0.39, 0.29) is 6.04 Å². The summed E-state index contributed by atoms with van der Waals surface area (Å²) >= 11 is 0. The van der Waals surface area contributed by atoms with Gasteiger partial charge < -0.3 is 5.73 Å². The van der Waals surface area contributed by atoms with Crippen molar-refractivity contribution in [3.05, 3.63) is 18.0 Å². The highest BCUT2D eigenvalue weighted by molar-refractivity contribution is 5.13. The molecular formula is C13H24N4. The van der Waals surface area contributed by atoms with Crippen LogP contribution in [0.15, 0.2) is 12.4 Å². The number of hydrogen-bond donors (Lipinski definition) is 1. The third kappa shape index (κ3) is 2.87. The normalized spacial score (nSPS) is 25.8. The average Bonchev–Trinajstić information content (AvgIpc) is 2.64. The summed E-state index contributed by atoms with van der Waals surface area (Å²) in [5.74, 6) is 0.779. The molecule has 4 nitrogen and oxygen atoms in total. The Hall–Kier alpha value is -0.870.